The molecule has 0 fully saturated rings. The van der Waals surface area contributed by atoms with Crippen molar-refractivity contribution in [2.45, 2.75) is 39.0 Å². The van der Waals surface area contributed by atoms with Crippen molar-refractivity contribution in [2.75, 3.05) is 0 Å². The molecule has 1 aromatic carbocycles. The monoisotopic (exact) mass is 561 g/mol. The van der Waals surface area contributed by atoms with Crippen LogP contribution in [0.15, 0.2) is 46.1 Å². The van der Waals surface area contributed by atoms with Gasteiger partial charge in [0.05, 0.1) is 11.9 Å². The van der Waals surface area contributed by atoms with Gasteiger partial charge in [0.2, 0.25) is 5.88 Å². The number of aliphatic hydroxyl groups is 1. The van der Waals surface area contributed by atoms with Crippen molar-refractivity contribution in [2.24, 2.45) is 0 Å². The number of hydrogen-bond acceptors (Lipinski definition) is 7. The quantitative estimate of drug-likeness (QED) is 0.320. The number of alkyl halides is 6. The lowest BCUT2D eigenvalue weighted by Crippen LogP contribution is -2.38. The number of aryl methyl sites for hydroxylation is 2. The molecule has 4 rings (SSSR count). The van der Waals surface area contributed by atoms with Crippen LogP contribution in [0.2, 0.25) is 0 Å². The van der Waals surface area contributed by atoms with Crippen LogP contribution in [0.1, 0.15) is 11.1 Å². The van der Waals surface area contributed by atoms with Crippen LogP contribution in [0.5, 0.6) is 17.4 Å². The summed E-state index contributed by atoms with van der Waals surface area (Å²) in [7, 11) is 0. The van der Waals surface area contributed by atoms with Gasteiger partial charge in [-0.15, -0.1) is 24.5 Å². The number of halogens is 6. The molecule has 0 aliphatic rings. The van der Waals surface area contributed by atoms with E-state index in [1.165, 1.54) is 18.3 Å². The van der Waals surface area contributed by atoms with Crippen LogP contribution in [0.3, 0.4) is 0 Å². The van der Waals surface area contributed by atoms with Crippen molar-refractivity contribution < 1.29 is 40.9 Å². The molecule has 38 heavy (non-hydrogen) atoms. The van der Waals surface area contributed by atoms with Gasteiger partial charge >= 0.3 is 18.2 Å². The maximum absolute atomic E-state index is 12.9. The first-order chi connectivity index (χ1) is 17.6. The summed E-state index contributed by atoms with van der Waals surface area (Å²) in [4.78, 5) is 31.3. The summed E-state index contributed by atoms with van der Waals surface area (Å²) >= 11 is 0.887. The van der Waals surface area contributed by atoms with Crippen LogP contribution in [0, 0.1) is 13.8 Å². The van der Waals surface area contributed by atoms with E-state index in [0.717, 1.165) is 23.5 Å². The highest BCUT2D eigenvalue weighted by Crippen LogP contribution is 2.38. The highest BCUT2D eigenvalue weighted by atomic mass is 32.1. The van der Waals surface area contributed by atoms with E-state index in [1.54, 1.807) is 19.9 Å². The summed E-state index contributed by atoms with van der Waals surface area (Å²) in [6, 6.07) is 6.28. The van der Waals surface area contributed by atoms with E-state index >= 15 is 0 Å². The number of nitrogens with zero attached hydrogens (tertiary/aromatic N) is 2. The molecule has 0 saturated carbocycles. The van der Waals surface area contributed by atoms with E-state index in [0.29, 0.717) is 26.1 Å². The number of aliphatic hydroxyl groups excluding tert-OH is 1. The fraction of sp³-hybridized carbons (Fsp3) is 0.261. The Morgan fingerprint density at radius 1 is 1.08 bits per heavy atom. The number of aromatic amines is 1. The normalized spacial score (nSPS) is 13.1. The molecule has 4 aromatic rings. The largest absolute Gasteiger partial charge is 0.573 e. The second-order valence-electron chi connectivity index (χ2n) is 8.13. The summed E-state index contributed by atoms with van der Waals surface area (Å²) in [6.45, 7) is 2.09. The summed E-state index contributed by atoms with van der Waals surface area (Å²) in [5.41, 5.74) is -0.531. The molecule has 3 aromatic heterocycles. The molecular weight excluding hydrogens is 544 g/mol. The van der Waals surface area contributed by atoms with Gasteiger partial charge in [-0.3, -0.25) is 14.3 Å². The van der Waals surface area contributed by atoms with E-state index < -0.39 is 42.2 Å². The fourth-order valence-corrected chi connectivity index (χ4v) is 4.90. The lowest BCUT2D eigenvalue weighted by molar-refractivity contribution is -0.274. The second-order valence-corrected chi connectivity index (χ2v) is 9.13. The van der Waals surface area contributed by atoms with Crippen LogP contribution in [-0.4, -0.2) is 38.3 Å². The topological polar surface area (TPSA) is 106 Å². The summed E-state index contributed by atoms with van der Waals surface area (Å²) in [6.07, 6.45) is -11.3. The minimum absolute atomic E-state index is 0.00174. The average Bonchev–Trinajstić information content (AvgIpc) is 3.15. The number of H-pyrrole nitrogens is 1. The minimum Gasteiger partial charge on any atom is -0.439 e. The fourth-order valence-electron chi connectivity index (χ4n) is 3.61. The standard InChI is InChI=1S/C23H17F6N3O5S/c1-10-7-12(8-30-19(10)36-13-3-5-14(6-4-13)37-23(27,28)29)17-11(2)16-18(34)31-21(35)32(20(16)38-17)9-15(33)22(24,25)26/h3-8,15,33H,9H2,1-2H3,(H,31,34,35)/t15-/m1/s1. The number of benzene rings is 1. The molecule has 0 bridgehead atoms. The number of ether oxygens (including phenoxy) is 2. The van der Waals surface area contributed by atoms with Crippen molar-refractivity contribution in [1.82, 2.24) is 14.5 Å². The first-order valence-electron chi connectivity index (χ1n) is 10.7. The molecule has 8 nitrogen and oxygen atoms in total. The zero-order valence-electron chi connectivity index (χ0n) is 19.4. The highest BCUT2D eigenvalue weighted by molar-refractivity contribution is 7.22. The molecular formula is C23H17F6N3O5S. The Morgan fingerprint density at radius 3 is 2.29 bits per heavy atom. The lowest BCUT2D eigenvalue weighted by atomic mass is 10.1. The number of aromatic nitrogens is 3. The molecule has 0 amide bonds. The summed E-state index contributed by atoms with van der Waals surface area (Å²) in [5, 5.41) is 9.48. The molecule has 1 atom stereocenters. The highest BCUT2D eigenvalue weighted by Gasteiger charge is 2.39. The van der Waals surface area contributed by atoms with E-state index in [9.17, 15) is 41.0 Å². The SMILES string of the molecule is Cc1cc(-c2sc3c(c2C)c(=O)[nH]c(=O)n3C[C@@H](O)C(F)(F)F)cnc1Oc1ccc(OC(F)(F)F)cc1. The Hall–Kier alpha value is -3.85. The molecule has 0 aliphatic carbocycles. The Bertz CT molecular complexity index is 1610. The van der Waals surface area contributed by atoms with Crippen LogP contribution in [0.25, 0.3) is 20.7 Å². The molecule has 2 N–H and O–H groups in total. The van der Waals surface area contributed by atoms with Gasteiger partial charge in [0, 0.05) is 22.2 Å². The van der Waals surface area contributed by atoms with Crippen molar-refractivity contribution in [1.29, 1.82) is 0 Å². The molecule has 3 heterocycles. The van der Waals surface area contributed by atoms with Crippen LogP contribution in [-0.2, 0) is 6.54 Å². The second kappa shape index (κ2) is 9.79. The van der Waals surface area contributed by atoms with Crippen molar-refractivity contribution in [3.05, 3.63) is 68.5 Å². The molecule has 0 aliphatic heterocycles. The van der Waals surface area contributed by atoms with Crippen LogP contribution < -0.4 is 20.7 Å². The number of rotatable bonds is 6. The predicted molar refractivity (Wildman–Crippen MR) is 125 cm³/mol. The number of nitrogens with one attached hydrogen (secondary N) is 1. The Morgan fingerprint density at radius 2 is 1.71 bits per heavy atom. The van der Waals surface area contributed by atoms with Gasteiger partial charge in [-0.05, 0) is 49.7 Å². The first-order valence-corrected chi connectivity index (χ1v) is 11.5. The Kier molecular flexibility index (Phi) is 7.01. The van der Waals surface area contributed by atoms with Gasteiger partial charge in [-0.25, -0.2) is 9.78 Å². The molecule has 0 saturated heterocycles. The van der Waals surface area contributed by atoms with Crippen molar-refractivity contribution >= 4 is 21.6 Å². The van der Waals surface area contributed by atoms with Gasteiger partial charge in [-0.2, -0.15) is 13.2 Å². The zero-order chi connectivity index (χ0) is 28.0. The molecule has 202 valence electrons. The number of hydrogen-bond donors (Lipinski definition) is 2. The average molecular weight is 561 g/mol. The van der Waals surface area contributed by atoms with Gasteiger partial charge < -0.3 is 14.6 Å². The Labute approximate surface area is 212 Å². The summed E-state index contributed by atoms with van der Waals surface area (Å²) in [5.74, 6) is -0.124. The number of fused-ring (bicyclic) bond motifs is 1. The smallest absolute Gasteiger partial charge is 0.439 e. The predicted octanol–water partition coefficient (Wildman–Crippen LogP) is 5.04. The van der Waals surface area contributed by atoms with Crippen molar-refractivity contribution in [3.63, 3.8) is 0 Å². The molecule has 0 spiro atoms. The minimum atomic E-state index is -4.97. The third kappa shape index (κ3) is 5.67. The third-order valence-corrected chi connectivity index (χ3v) is 6.73. The Balaban J connectivity index is 1.67. The molecule has 0 unspecified atom stereocenters. The van der Waals surface area contributed by atoms with Crippen molar-refractivity contribution in [3.8, 4) is 27.8 Å². The third-order valence-electron chi connectivity index (χ3n) is 5.36. The van der Waals surface area contributed by atoms with Gasteiger partial charge in [0.1, 0.15) is 16.3 Å². The number of thiophene rings is 1. The van der Waals surface area contributed by atoms with Gasteiger partial charge in [0.25, 0.3) is 5.56 Å². The molecule has 15 heteroatoms. The van der Waals surface area contributed by atoms with E-state index in [2.05, 4.69) is 9.72 Å². The summed E-state index contributed by atoms with van der Waals surface area (Å²) < 4.78 is 85.8. The number of pyridine rings is 1. The van der Waals surface area contributed by atoms with Gasteiger partial charge in [0.15, 0.2) is 6.10 Å². The van der Waals surface area contributed by atoms with Gasteiger partial charge in [-0.1, -0.05) is 0 Å². The maximum Gasteiger partial charge on any atom is 0.573 e. The van der Waals surface area contributed by atoms with E-state index in [4.69, 9.17) is 4.74 Å². The molecule has 0 radical (unpaired) electrons. The first kappa shape index (κ1) is 27.2. The lowest BCUT2D eigenvalue weighted by Gasteiger charge is -2.15. The van der Waals surface area contributed by atoms with Crippen LogP contribution >= 0.6 is 11.3 Å². The van der Waals surface area contributed by atoms with E-state index in [-0.39, 0.29) is 21.8 Å². The maximum atomic E-state index is 12.9. The van der Waals surface area contributed by atoms with E-state index in [1.807, 2.05) is 4.98 Å². The zero-order valence-corrected chi connectivity index (χ0v) is 20.2. The van der Waals surface area contributed by atoms with Crippen LogP contribution in [0.4, 0.5) is 26.3 Å².